The third-order valence-corrected chi connectivity index (χ3v) is 3.12. The maximum absolute atomic E-state index is 11.3. The highest BCUT2D eigenvalue weighted by Crippen LogP contribution is 2.27. The van der Waals surface area contributed by atoms with Gasteiger partial charge in [0.1, 0.15) is 0 Å². The Hall–Kier alpha value is -1.48. The standard InChI is InChI=1S/C13H15NO2/c15-9-13(16)11-6-7-14-12(8-11)10-4-2-1-3-5-10/h1-5,9,11-12,14H,6-8H2. The molecule has 1 aromatic rings. The Bertz CT molecular complexity index is 375. The molecule has 1 N–H and O–H groups in total. The van der Waals surface area contributed by atoms with E-state index in [-0.39, 0.29) is 17.7 Å². The molecule has 0 spiro atoms. The molecule has 3 heteroatoms. The second kappa shape index (κ2) is 5.03. The Kier molecular flexibility index (Phi) is 3.47. The van der Waals surface area contributed by atoms with Crippen molar-refractivity contribution in [3.8, 4) is 0 Å². The van der Waals surface area contributed by atoms with Gasteiger partial charge in [0.15, 0.2) is 12.1 Å². The summed E-state index contributed by atoms with van der Waals surface area (Å²) in [6, 6.07) is 10.2. The topological polar surface area (TPSA) is 46.2 Å². The van der Waals surface area contributed by atoms with Crippen LogP contribution < -0.4 is 5.32 Å². The molecule has 1 heterocycles. The number of Topliss-reactive ketones (excluding diaryl/α,β-unsaturated/α-hetero) is 1. The zero-order valence-electron chi connectivity index (χ0n) is 9.06. The van der Waals surface area contributed by atoms with Crippen LogP contribution in [0, 0.1) is 5.92 Å². The number of rotatable bonds is 3. The van der Waals surface area contributed by atoms with Gasteiger partial charge in [0, 0.05) is 12.0 Å². The molecule has 2 atom stereocenters. The van der Waals surface area contributed by atoms with Crippen LogP contribution in [0.1, 0.15) is 24.4 Å². The molecule has 16 heavy (non-hydrogen) atoms. The summed E-state index contributed by atoms with van der Waals surface area (Å²) >= 11 is 0. The van der Waals surface area contributed by atoms with E-state index in [0.29, 0.717) is 6.29 Å². The fraction of sp³-hybridized carbons (Fsp3) is 0.385. The van der Waals surface area contributed by atoms with Crippen molar-refractivity contribution in [2.45, 2.75) is 18.9 Å². The summed E-state index contributed by atoms with van der Waals surface area (Å²) < 4.78 is 0. The maximum Gasteiger partial charge on any atom is 0.198 e. The molecule has 0 aliphatic carbocycles. The first-order valence-electron chi connectivity index (χ1n) is 5.58. The van der Waals surface area contributed by atoms with Gasteiger partial charge in [0.05, 0.1) is 0 Å². The van der Waals surface area contributed by atoms with Crippen molar-refractivity contribution in [3.63, 3.8) is 0 Å². The number of nitrogens with one attached hydrogen (secondary N) is 1. The van der Waals surface area contributed by atoms with Crippen molar-refractivity contribution in [2.75, 3.05) is 6.54 Å². The first kappa shape index (κ1) is 11.0. The molecule has 0 bridgehead atoms. The van der Waals surface area contributed by atoms with Crippen LogP contribution >= 0.6 is 0 Å². The molecule has 1 fully saturated rings. The van der Waals surface area contributed by atoms with E-state index in [1.54, 1.807) is 0 Å². The first-order chi connectivity index (χ1) is 7.81. The predicted molar refractivity (Wildman–Crippen MR) is 61.0 cm³/mol. The minimum atomic E-state index is -0.262. The van der Waals surface area contributed by atoms with E-state index in [0.717, 1.165) is 19.4 Å². The number of hydrogen-bond acceptors (Lipinski definition) is 3. The number of carbonyl (C=O) groups is 2. The molecular weight excluding hydrogens is 202 g/mol. The second-order valence-corrected chi connectivity index (χ2v) is 4.16. The van der Waals surface area contributed by atoms with E-state index >= 15 is 0 Å². The average molecular weight is 217 g/mol. The number of carbonyl (C=O) groups excluding carboxylic acids is 2. The number of ketones is 1. The summed E-state index contributed by atoms with van der Waals surface area (Å²) in [6.45, 7) is 0.795. The van der Waals surface area contributed by atoms with E-state index in [1.165, 1.54) is 5.56 Å². The van der Waals surface area contributed by atoms with Crippen LogP contribution in [-0.2, 0) is 9.59 Å². The summed E-state index contributed by atoms with van der Waals surface area (Å²) in [6.07, 6.45) is 1.94. The lowest BCUT2D eigenvalue weighted by Gasteiger charge is -2.28. The van der Waals surface area contributed by atoms with Crippen molar-refractivity contribution in [3.05, 3.63) is 35.9 Å². The van der Waals surface area contributed by atoms with Gasteiger partial charge in [-0.3, -0.25) is 9.59 Å². The zero-order chi connectivity index (χ0) is 11.4. The molecule has 84 valence electrons. The van der Waals surface area contributed by atoms with Gasteiger partial charge in [0.25, 0.3) is 0 Å². The SMILES string of the molecule is O=CC(=O)C1CCNC(c2ccccc2)C1. The highest BCUT2D eigenvalue weighted by molar-refractivity contribution is 6.25. The van der Waals surface area contributed by atoms with E-state index in [1.807, 2.05) is 30.3 Å². The van der Waals surface area contributed by atoms with Crippen molar-refractivity contribution < 1.29 is 9.59 Å². The van der Waals surface area contributed by atoms with Crippen LogP contribution in [0.2, 0.25) is 0 Å². The molecule has 1 saturated heterocycles. The molecule has 0 amide bonds. The predicted octanol–water partition coefficient (Wildman–Crippen LogP) is 1.50. The molecule has 0 radical (unpaired) electrons. The second-order valence-electron chi connectivity index (χ2n) is 4.16. The molecule has 2 rings (SSSR count). The summed E-state index contributed by atoms with van der Waals surface area (Å²) in [5.74, 6) is -0.369. The van der Waals surface area contributed by atoms with Crippen LogP contribution in [0.3, 0.4) is 0 Å². The Morgan fingerprint density at radius 3 is 2.75 bits per heavy atom. The van der Waals surface area contributed by atoms with Gasteiger partial charge in [-0.25, -0.2) is 0 Å². The maximum atomic E-state index is 11.3. The summed E-state index contributed by atoms with van der Waals surface area (Å²) in [4.78, 5) is 21.8. The van der Waals surface area contributed by atoms with Crippen molar-refractivity contribution in [1.82, 2.24) is 5.32 Å². The van der Waals surface area contributed by atoms with Gasteiger partial charge in [-0.2, -0.15) is 0 Å². The lowest BCUT2D eigenvalue weighted by molar-refractivity contribution is -0.133. The fourth-order valence-corrected chi connectivity index (χ4v) is 2.21. The van der Waals surface area contributed by atoms with Crippen LogP contribution in [0.25, 0.3) is 0 Å². The highest BCUT2D eigenvalue weighted by atomic mass is 16.2. The van der Waals surface area contributed by atoms with Crippen molar-refractivity contribution >= 4 is 12.1 Å². The molecule has 3 nitrogen and oxygen atoms in total. The smallest absolute Gasteiger partial charge is 0.198 e. The Balaban J connectivity index is 2.07. The average Bonchev–Trinajstić information content (AvgIpc) is 2.39. The van der Waals surface area contributed by atoms with E-state index in [4.69, 9.17) is 0 Å². The zero-order valence-corrected chi connectivity index (χ0v) is 9.06. The number of piperidine rings is 1. The molecule has 0 saturated carbocycles. The summed E-state index contributed by atoms with van der Waals surface area (Å²) in [5, 5.41) is 3.38. The van der Waals surface area contributed by atoms with Crippen LogP contribution in [0.4, 0.5) is 0 Å². The molecular formula is C13H15NO2. The summed E-state index contributed by atoms with van der Waals surface area (Å²) in [5.41, 5.74) is 1.19. The van der Waals surface area contributed by atoms with Crippen molar-refractivity contribution in [2.24, 2.45) is 5.92 Å². The summed E-state index contributed by atoms with van der Waals surface area (Å²) in [7, 11) is 0. The third-order valence-electron chi connectivity index (χ3n) is 3.12. The minimum absolute atomic E-state index is 0.107. The van der Waals surface area contributed by atoms with E-state index in [9.17, 15) is 9.59 Å². The molecule has 1 aliphatic rings. The Morgan fingerprint density at radius 1 is 1.31 bits per heavy atom. The lowest BCUT2D eigenvalue weighted by atomic mass is 9.86. The molecule has 1 aromatic carbocycles. The highest BCUT2D eigenvalue weighted by Gasteiger charge is 2.26. The largest absolute Gasteiger partial charge is 0.310 e. The number of aldehydes is 1. The van der Waals surface area contributed by atoms with Gasteiger partial charge < -0.3 is 5.32 Å². The minimum Gasteiger partial charge on any atom is -0.310 e. The molecule has 1 aliphatic heterocycles. The van der Waals surface area contributed by atoms with Crippen molar-refractivity contribution in [1.29, 1.82) is 0 Å². The lowest BCUT2D eigenvalue weighted by Crippen LogP contribution is -2.35. The van der Waals surface area contributed by atoms with Crippen LogP contribution in [0.15, 0.2) is 30.3 Å². The molecule has 2 unspecified atom stereocenters. The quantitative estimate of drug-likeness (QED) is 0.616. The first-order valence-corrected chi connectivity index (χ1v) is 5.58. The van der Waals surface area contributed by atoms with Crippen LogP contribution in [-0.4, -0.2) is 18.6 Å². The number of hydrogen-bond donors (Lipinski definition) is 1. The van der Waals surface area contributed by atoms with E-state index < -0.39 is 0 Å². The van der Waals surface area contributed by atoms with Gasteiger partial charge in [-0.1, -0.05) is 30.3 Å². The van der Waals surface area contributed by atoms with Gasteiger partial charge in [0.2, 0.25) is 0 Å². The van der Waals surface area contributed by atoms with Gasteiger partial charge in [-0.15, -0.1) is 0 Å². The Labute approximate surface area is 94.9 Å². The third kappa shape index (κ3) is 2.36. The monoisotopic (exact) mass is 217 g/mol. The van der Waals surface area contributed by atoms with Gasteiger partial charge in [-0.05, 0) is 24.9 Å². The fourth-order valence-electron chi connectivity index (χ4n) is 2.21. The normalized spacial score (nSPS) is 25.0. The molecule has 0 aromatic heterocycles. The Morgan fingerprint density at radius 2 is 2.06 bits per heavy atom. The number of benzene rings is 1. The van der Waals surface area contributed by atoms with Gasteiger partial charge >= 0.3 is 0 Å². The van der Waals surface area contributed by atoms with E-state index in [2.05, 4.69) is 5.32 Å². The van der Waals surface area contributed by atoms with Crippen LogP contribution in [0.5, 0.6) is 0 Å².